The quantitative estimate of drug-likeness (QED) is 0.665. The topological polar surface area (TPSA) is 92.0 Å². The zero-order chi connectivity index (χ0) is 11.8. The second-order valence-electron chi connectivity index (χ2n) is 3.73. The van der Waals surface area contributed by atoms with Crippen LogP contribution in [0, 0.1) is 0 Å². The number of nitrogens with one attached hydrogen (secondary N) is 1. The summed E-state index contributed by atoms with van der Waals surface area (Å²) in [5.74, 6) is -1.00. The largest absolute Gasteiger partial charge is 0.480 e. The number of rotatable bonds is 3. The van der Waals surface area contributed by atoms with Gasteiger partial charge in [0.2, 0.25) is 0 Å². The molecule has 0 bridgehead atoms. The van der Waals surface area contributed by atoms with E-state index in [1.54, 1.807) is 6.20 Å². The van der Waals surface area contributed by atoms with Gasteiger partial charge < -0.3 is 15.8 Å². The number of hydrogen-bond acceptors (Lipinski definition) is 3. The molecule has 0 saturated carbocycles. The number of aromatic nitrogens is 2. The fraction of sp³-hybridized carbons (Fsp3) is 0.556. The molecule has 0 fully saturated rings. The van der Waals surface area contributed by atoms with Crippen molar-refractivity contribution in [2.24, 2.45) is 5.73 Å². The number of nitrogens with two attached hydrogens (primary N) is 1. The Balaban J connectivity index is 0.000000423. The van der Waals surface area contributed by atoms with Gasteiger partial charge in [0, 0.05) is 27.1 Å². The number of carboxylic acid groups (broad SMARTS) is 1. The highest BCUT2D eigenvalue weighted by molar-refractivity contribution is 6.54. The van der Waals surface area contributed by atoms with Gasteiger partial charge in [-0.25, -0.2) is 4.98 Å². The summed E-state index contributed by atoms with van der Waals surface area (Å²) in [6, 6.07) is -0.851. The Bertz CT molecular complexity index is 272. The molecule has 0 aliphatic rings. The van der Waals surface area contributed by atoms with Gasteiger partial charge >= 0.3 is 5.97 Å². The predicted molar refractivity (Wildman–Crippen MR) is 61.2 cm³/mol. The summed E-state index contributed by atoms with van der Waals surface area (Å²) in [7, 11) is 0.120. The van der Waals surface area contributed by atoms with Crippen molar-refractivity contribution in [2.45, 2.75) is 32.1 Å². The van der Waals surface area contributed by atoms with Crippen LogP contribution < -0.4 is 5.73 Å². The summed E-state index contributed by atoms with van der Waals surface area (Å²) in [6.07, 6.45) is 3.34. The molecule has 0 amide bonds. The molecule has 6 heteroatoms. The van der Waals surface area contributed by atoms with Crippen LogP contribution in [0.1, 0.15) is 5.69 Å². The average molecular weight is 228 g/mol. The van der Waals surface area contributed by atoms with E-state index in [0.717, 1.165) is 5.69 Å². The van der Waals surface area contributed by atoms with E-state index in [0.29, 0.717) is 0 Å². The van der Waals surface area contributed by atoms with Gasteiger partial charge in [-0.05, 0) is 0 Å². The maximum atomic E-state index is 10.3. The maximum absolute atomic E-state index is 10.3. The summed E-state index contributed by atoms with van der Waals surface area (Å²) in [5.41, 5.74) is 6.00. The van der Waals surface area contributed by atoms with Crippen LogP contribution in [0.3, 0.4) is 0 Å². The minimum atomic E-state index is -1.00. The first-order valence-corrected chi connectivity index (χ1v) is 7.66. The first-order valence-electron chi connectivity index (χ1n) is 4.66. The van der Waals surface area contributed by atoms with E-state index in [1.165, 1.54) is 6.33 Å². The van der Waals surface area contributed by atoms with Crippen molar-refractivity contribution in [1.29, 1.82) is 0 Å². The minimum Gasteiger partial charge on any atom is -0.480 e. The number of nitrogens with zero attached hydrogens (tertiary/aromatic N) is 1. The summed E-state index contributed by atoms with van der Waals surface area (Å²) < 4.78 is 0. The number of carboxylic acids is 1. The van der Waals surface area contributed by atoms with Crippen LogP contribution in [-0.4, -0.2) is 35.9 Å². The molecule has 1 unspecified atom stereocenters. The lowest BCUT2D eigenvalue weighted by Gasteiger charge is -2.02. The normalized spacial score (nSPS) is 11.8. The number of carbonyl (C=O) groups is 1. The Morgan fingerprint density at radius 2 is 2.20 bits per heavy atom. The molecule has 0 aliphatic carbocycles. The fourth-order valence-electron chi connectivity index (χ4n) is 0.721. The van der Waals surface area contributed by atoms with Gasteiger partial charge in [0.05, 0.1) is 6.33 Å². The lowest BCUT2D eigenvalue weighted by Crippen LogP contribution is -2.32. The molecule has 1 atom stereocenters. The van der Waals surface area contributed by atoms with Gasteiger partial charge in [0.25, 0.3) is 0 Å². The molecule has 1 aromatic rings. The molecule has 1 heterocycles. The Hall–Kier alpha value is -1.14. The van der Waals surface area contributed by atoms with Crippen LogP contribution in [0.5, 0.6) is 0 Å². The smallest absolute Gasteiger partial charge is 0.320 e. The Morgan fingerprint density at radius 1 is 1.67 bits per heavy atom. The molecule has 4 N–H and O–H groups in total. The van der Waals surface area contributed by atoms with Gasteiger partial charge in [0.15, 0.2) is 0 Å². The van der Waals surface area contributed by atoms with Crippen molar-refractivity contribution in [3.8, 4) is 0 Å². The second-order valence-corrected chi connectivity index (χ2v) is 6.73. The molecule has 85 valence electrons. The molecular weight excluding hydrogens is 210 g/mol. The third-order valence-electron chi connectivity index (χ3n) is 1.31. The summed E-state index contributed by atoms with van der Waals surface area (Å²) in [4.78, 5) is 16.8. The van der Waals surface area contributed by atoms with Gasteiger partial charge in [-0.2, -0.15) is 0 Å². The van der Waals surface area contributed by atoms with E-state index in [9.17, 15) is 4.79 Å². The fourth-order valence-corrected chi connectivity index (χ4v) is 0.721. The van der Waals surface area contributed by atoms with Gasteiger partial charge in [0.1, 0.15) is 6.04 Å². The second kappa shape index (κ2) is 7.19. The SMILES string of the molecule is C[Si](C)C.NC(Cc1cnc[nH]1)C(=O)O. The first-order chi connectivity index (χ1) is 6.93. The summed E-state index contributed by atoms with van der Waals surface area (Å²) in [5, 5.41) is 8.42. The zero-order valence-corrected chi connectivity index (χ0v) is 10.3. The first kappa shape index (κ1) is 13.9. The predicted octanol–water partition coefficient (Wildman–Crippen LogP) is 0.735. The standard InChI is InChI=1S/C6H9N3O2.C3H9Si/c7-5(6(10)11)1-4-2-8-3-9-4;1-4(2)3/h2-3,5H,1,7H2,(H,8,9)(H,10,11);1-3H3. The molecule has 0 spiro atoms. The Labute approximate surface area is 91.3 Å². The van der Waals surface area contributed by atoms with Gasteiger partial charge in [-0.1, -0.05) is 19.6 Å². The summed E-state index contributed by atoms with van der Waals surface area (Å²) >= 11 is 0. The minimum absolute atomic E-state index is 0.120. The molecule has 5 nitrogen and oxygen atoms in total. The highest BCUT2D eigenvalue weighted by atomic mass is 28.3. The van der Waals surface area contributed by atoms with Crippen molar-refractivity contribution in [2.75, 3.05) is 0 Å². The average Bonchev–Trinajstić information content (AvgIpc) is 2.55. The van der Waals surface area contributed by atoms with Gasteiger partial charge in [-0.3, -0.25) is 4.79 Å². The van der Waals surface area contributed by atoms with E-state index in [1.807, 2.05) is 0 Å². The van der Waals surface area contributed by atoms with Crippen LogP contribution in [0.2, 0.25) is 19.6 Å². The van der Waals surface area contributed by atoms with Crippen LogP contribution in [0.25, 0.3) is 0 Å². The molecule has 1 rings (SSSR count). The Morgan fingerprint density at radius 3 is 2.53 bits per heavy atom. The number of H-pyrrole nitrogens is 1. The van der Waals surface area contributed by atoms with Crippen molar-refractivity contribution in [3.63, 3.8) is 0 Å². The van der Waals surface area contributed by atoms with E-state index < -0.39 is 12.0 Å². The highest BCUT2D eigenvalue weighted by Gasteiger charge is 2.11. The van der Waals surface area contributed by atoms with Crippen molar-refractivity contribution < 1.29 is 9.90 Å². The van der Waals surface area contributed by atoms with Gasteiger partial charge in [-0.15, -0.1) is 0 Å². The van der Waals surface area contributed by atoms with E-state index in [4.69, 9.17) is 10.8 Å². The van der Waals surface area contributed by atoms with Crippen LogP contribution in [0.4, 0.5) is 0 Å². The number of aromatic amines is 1. The van der Waals surface area contributed by atoms with Crippen molar-refractivity contribution in [3.05, 3.63) is 18.2 Å². The molecule has 1 aromatic heterocycles. The molecule has 1 radical (unpaired) electrons. The zero-order valence-electron chi connectivity index (χ0n) is 9.32. The molecule has 0 aliphatic heterocycles. The third-order valence-corrected chi connectivity index (χ3v) is 1.31. The van der Waals surface area contributed by atoms with E-state index in [2.05, 4.69) is 29.6 Å². The third kappa shape index (κ3) is 7.89. The van der Waals surface area contributed by atoms with Crippen LogP contribution >= 0.6 is 0 Å². The maximum Gasteiger partial charge on any atom is 0.320 e. The number of hydrogen-bond donors (Lipinski definition) is 3. The lowest BCUT2D eigenvalue weighted by molar-refractivity contribution is -0.138. The van der Waals surface area contributed by atoms with E-state index >= 15 is 0 Å². The molecule has 0 aromatic carbocycles. The number of aliphatic carboxylic acids is 1. The highest BCUT2D eigenvalue weighted by Crippen LogP contribution is 1.95. The molecular formula is C9H18N3O2Si. The van der Waals surface area contributed by atoms with Crippen LogP contribution in [0.15, 0.2) is 12.5 Å². The van der Waals surface area contributed by atoms with Crippen molar-refractivity contribution >= 4 is 14.8 Å². The summed E-state index contributed by atoms with van der Waals surface area (Å²) in [6.45, 7) is 6.81. The molecule has 0 saturated heterocycles. The van der Waals surface area contributed by atoms with Crippen molar-refractivity contribution in [1.82, 2.24) is 9.97 Å². The number of imidazole rings is 1. The molecule has 15 heavy (non-hydrogen) atoms. The van der Waals surface area contributed by atoms with Crippen LogP contribution in [-0.2, 0) is 11.2 Å². The Kier molecular flexibility index (Phi) is 6.64. The lowest BCUT2D eigenvalue weighted by atomic mass is 10.2. The van der Waals surface area contributed by atoms with E-state index in [-0.39, 0.29) is 15.2 Å². The monoisotopic (exact) mass is 228 g/mol.